The summed E-state index contributed by atoms with van der Waals surface area (Å²) in [6.45, 7) is 2.62. The van der Waals surface area contributed by atoms with E-state index in [0.29, 0.717) is 6.54 Å². The van der Waals surface area contributed by atoms with E-state index in [1.807, 2.05) is 43.3 Å². The molecule has 3 aromatic heterocycles. The summed E-state index contributed by atoms with van der Waals surface area (Å²) in [4.78, 5) is 8.69. The summed E-state index contributed by atoms with van der Waals surface area (Å²) in [5, 5.41) is 13.1. The lowest BCUT2D eigenvalue weighted by molar-refractivity contribution is 0.993. The summed E-state index contributed by atoms with van der Waals surface area (Å²) < 4.78 is 0. The molecule has 0 amide bonds. The molecule has 20 heavy (non-hydrogen) atoms. The summed E-state index contributed by atoms with van der Waals surface area (Å²) in [7, 11) is 0. The monoisotopic (exact) mass is 283 g/mol. The lowest BCUT2D eigenvalue weighted by Crippen LogP contribution is -2.01. The average Bonchev–Trinajstić information content (AvgIpc) is 2.95. The van der Waals surface area contributed by atoms with Crippen molar-refractivity contribution in [3.8, 4) is 10.7 Å². The average molecular weight is 283 g/mol. The van der Waals surface area contributed by atoms with Crippen LogP contribution in [0.15, 0.2) is 42.6 Å². The Hall–Kier alpha value is -2.34. The van der Waals surface area contributed by atoms with Gasteiger partial charge in [-0.3, -0.25) is 9.97 Å². The number of hydrogen-bond acceptors (Lipinski definition) is 6. The molecule has 1 N–H and O–H groups in total. The molecule has 3 heterocycles. The first-order valence-corrected chi connectivity index (χ1v) is 7.04. The van der Waals surface area contributed by atoms with E-state index >= 15 is 0 Å². The highest BCUT2D eigenvalue weighted by molar-refractivity contribution is 7.18. The van der Waals surface area contributed by atoms with Crippen LogP contribution in [0.1, 0.15) is 11.4 Å². The minimum atomic E-state index is 0.637. The number of rotatable bonds is 4. The molecule has 3 aromatic rings. The van der Waals surface area contributed by atoms with Crippen LogP contribution < -0.4 is 5.32 Å². The minimum absolute atomic E-state index is 0.637. The molecule has 100 valence electrons. The van der Waals surface area contributed by atoms with Crippen LogP contribution in [0.4, 0.5) is 5.13 Å². The summed E-state index contributed by atoms with van der Waals surface area (Å²) in [5.41, 5.74) is 2.84. The summed E-state index contributed by atoms with van der Waals surface area (Å²) in [5.74, 6) is 0. The fourth-order valence-electron chi connectivity index (χ4n) is 1.75. The standard InChI is InChI=1S/C14H13N5S/c1-10-5-4-6-11(17-10)9-16-14-19-18-13(20-14)12-7-2-3-8-15-12/h2-8H,9H2,1H3,(H,16,19). The van der Waals surface area contributed by atoms with E-state index in [2.05, 4.69) is 25.5 Å². The second-order valence-electron chi connectivity index (χ2n) is 4.25. The van der Waals surface area contributed by atoms with Gasteiger partial charge in [-0.25, -0.2) is 0 Å². The molecule has 0 bridgehead atoms. The maximum atomic E-state index is 4.43. The predicted octanol–water partition coefficient (Wildman–Crippen LogP) is 2.92. The Morgan fingerprint density at radius 1 is 1.10 bits per heavy atom. The van der Waals surface area contributed by atoms with Gasteiger partial charge in [0, 0.05) is 11.9 Å². The second-order valence-corrected chi connectivity index (χ2v) is 5.23. The molecule has 0 fully saturated rings. The first kappa shape index (κ1) is 12.7. The van der Waals surface area contributed by atoms with Gasteiger partial charge in [-0.05, 0) is 31.2 Å². The van der Waals surface area contributed by atoms with E-state index in [4.69, 9.17) is 0 Å². The molecular weight excluding hydrogens is 270 g/mol. The van der Waals surface area contributed by atoms with Gasteiger partial charge in [0.15, 0.2) is 5.01 Å². The first-order chi connectivity index (χ1) is 9.81. The molecule has 6 heteroatoms. The zero-order valence-corrected chi connectivity index (χ0v) is 11.8. The molecule has 0 atom stereocenters. The number of aromatic nitrogens is 4. The molecule has 0 spiro atoms. The highest BCUT2D eigenvalue weighted by atomic mass is 32.1. The van der Waals surface area contributed by atoms with Gasteiger partial charge in [0.05, 0.1) is 12.2 Å². The van der Waals surface area contributed by atoms with Crippen molar-refractivity contribution in [3.05, 3.63) is 54.0 Å². The Morgan fingerprint density at radius 2 is 2.05 bits per heavy atom. The van der Waals surface area contributed by atoms with Crippen LogP contribution in [0.5, 0.6) is 0 Å². The van der Waals surface area contributed by atoms with Gasteiger partial charge in [-0.15, -0.1) is 10.2 Å². The zero-order valence-electron chi connectivity index (χ0n) is 10.9. The van der Waals surface area contributed by atoms with Crippen LogP contribution in [0.2, 0.25) is 0 Å². The summed E-state index contributed by atoms with van der Waals surface area (Å²) >= 11 is 1.49. The Balaban J connectivity index is 1.69. The molecule has 0 radical (unpaired) electrons. The Bertz CT molecular complexity index is 696. The van der Waals surface area contributed by atoms with Crippen LogP contribution >= 0.6 is 11.3 Å². The smallest absolute Gasteiger partial charge is 0.206 e. The van der Waals surface area contributed by atoms with Gasteiger partial charge >= 0.3 is 0 Å². The van der Waals surface area contributed by atoms with E-state index in [9.17, 15) is 0 Å². The van der Waals surface area contributed by atoms with Crippen LogP contribution in [0.3, 0.4) is 0 Å². The Kier molecular flexibility index (Phi) is 3.64. The first-order valence-electron chi connectivity index (χ1n) is 6.22. The van der Waals surface area contributed by atoms with Gasteiger partial charge in [0.2, 0.25) is 5.13 Å². The minimum Gasteiger partial charge on any atom is -0.354 e. The molecule has 0 unspecified atom stereocenters. The third kappa shape index (κ3) is 2.97. The number of aryl methyl sites for hydroxylation is 1. The van der Waals surface area contributed by atoms with E-state index in [-0.39, 0.29) is 0 Å². The van der Waals surface area contributed by atoms with Crippen molar-refractivity contribution in [2.75, 3.05) is 5.32 Å². The zero-order chi connectivity index (χ0) is 13.8. The molecule has 0 aliphatic rings. The third-order valence-electron chi connectivity index (χ3n) is 2.68. The van der Waals surface area contributed by atoms with E-state index in [1.165, 1.54) is 11.3 Å². The maximum absolute atomic E-state index is 4.43. The van der Waals surface area contributed by atoms with Crippen molar-refractivity contribution >= 4 is 16.5 Å². The van der Waals surface area contributed by atoms with Crippen molar-refractivity contribution in [2.24, 2.45) is 0 Å². The van der Waals surface area contributed by atoms with Gasteiger partial charge in [0.1, 0.15) is 5.69 Å². The third-order valence-corrected chi connectivity index (χ3v) is 3.58. The van der Waals surface area contributed by atoms with Gasteiger partial charge in [-0.2, -0.15) is 0 Å². The van der Waals surface area contributed by atoms with E-state index < -0.39 is 0 Å². The molecule has 3 rings (SSSR count). The van der Waals surface area contributed by atoms with Crippen LogP contribution in [-0.2, 0) is 6.54 Å². The largest absolute Gasteiger partial charge is 0.354 e. The highest BCUT2D eigenvalue weighted by Crippen LogP contribution is 2.24. The number of pyridine rings is 2. The fourth-order valence-corrected chi connectivity index (χ4v) is 2.47. The number of nitrogens with zero attached hydrogens (tertiary/aromatic N) is 4. The fraction of sp³-hybridized carbons (Fsp3) is 0.143. The van der Waals surface area contributed by atoms with E-state index in [0.717, 1.165) is 27.2 Å². The van der Waals surface area contributed by atoms with Crippen LogP contribution in [0, 0.1) is 6.92 Å². The van der Waals surface area contributed by atoms with Crippen molar-refractivity contribution < 1.29 is 0 Å². The molecule has 0 saturated carbocycles. The van der Waals surface area contributed by atoms with Crippen molar-refractivity contribution in [1.29, 1.82) is 0 Å². The number of hydrogen-bond donors (Lipinski definition) is 1. The van der Waals surface area contributed by atoms with Crippen LogP contribution in [-0.4, -0.2) is 20.2 Å². The molecule has 0 saturated heterocycles. The molecule has 0 aliphatic heterocycles. The van der Waals surface area contributed by atoms with E-state index in [1.54, 1.807) is 6.20 Å². The lowest BCUT2D eigenvalue weighted by atomic mass is 10.3. The van der Waals surface area contributed by atoms with Crippen molar-refractivity contribution in [3.63, 3.8) is 0 Å². The highest BCUT2D eigenvalue weighted by Gasteiger charge is 2.07. The molecular formula is C14H13N5S. The summed E-state index contributed by atoms with van der Waals surface area (Å²) in [6.07, 6.45) is 1.75. The second kappa shape index (κ2) is 5.75. The molecule has 0 aromatic carbocycles. The topological polar surface area (TPSA) is 63.6 Å². The van der Waals surface area contributed by atoms with Gasteiger partial charge in [0.25, 0.3) is 0 Å². The van der Waals surface area contributed by atoms with Crippen molar-refractivity contribution in [1.82, 2.24) is 20.2 Å². The van der Waals surface area contributed by atoms with Gasteiger partial charge < -0.3 is 5.32 Å². The summed E-state index contributed by atoms with van der Waals surface area (Å²) in [6, 6.07) is 11.7. The maximum Gasteiger partial charge on any atom is 0.206 e. The molecule has 5 nitrogen and oxygen atoms in total. The predicted molar refractivity (Wildman–Crippen MR) is 79.4 cm³/mol. The Labute approximate surface area is 120 Å². The normalized spacial score (nSPS) is 10.4. The SMILES string of the molecule is Cc1cccc(CNc2nnc(-c3ccccn3)s2)n1. The van der Waals surface area contributed by atoms with Crippen molar-refractivity contribution in [2.45, 2.75) is 13.5 Å². The lowest BCUT2D eigenvalue weighted by Gasteiger charge is -2.02. The van der Waals surface area contributed by atoms with Gasteiger partial charge in [-0.1, -0.05) is 23.5 Å². The quantitative estimate of drug-likeness (QED) is 0.797. The Morgan fingerprint density at radius 3 is 2.85 bits per heavy atom. The van der Waals surface area contributed by atoms with Crippen LogP contribution in [0.25, 0.3) is 10.7 Å². The number of anilines is 1. The number of nitrogens with one attached hydrogen (secondary N) is 1. The molecule has 0 aliphatic carbocycles.